The van der Waals surface area contributed by atoms with Gasteiger partial charge >= 0.3 is 0 Å². The largest absolute Gasteiger partial charge is 0.258 e. The minimum atomic E-state index is -3.27. The summed E-state index contributed by atoms with van der Waals surface area (Å²) in [4.78, 5) is 0. The van der Waals surface area contributed by atoms with Crippen LogP contribution < -0.4 is 0 Å². The van der Waals surface area contributed by atoms with Crippen LogP contribution in [0.5, 0.6) is 0 Å². The molecule has 0 aliphatic heterocycles. The fraction of sp³-hybridized carbons (Fsp3) is 0.667. The van der Waals surface area contributed by atoms with Crippen LogP contribution >= 0.6 is 0 Å². The summed E-state index contributed by atoms with van der Waals surface area (Å²) in [5.74, 6) is 1.75. The highest BCUT2D eigenvalue weighted by Gasteiger charge is 2.25. The van der Waals surface area contributed by atoms with E-state index in [4.69, 9.17) is 5.41 Å². The van der Waals surface area contributed by atoms with Crippen molar-refractivity contribution in [2.75, 3.05) is 0 Å². The number of rotatable bonds is 1. The number of hydrogen-bond donors (Lipinski definition) is 1. The molecule has 0 aromatic rings. The maximum Gasteiger partial charge on any atom is 0.185 e. The van der Waals surface area contributed by atoms with E-state index in [1.54, 1.807) is 26.6 Å². The van der Waals surface area contributed by atoms with Crippen molar-refractivity contribution in [2.24, 2.45) is 0 Å². The molecule has 0 saturated heterocycles. The van der Waals surface area contributed by atoms with Crippen LogP contribution in [0.2, 0.25) is 0 Å². The van der Waals surface area contributed by atoms with Crippen molar-refractivity contribution in [1.82, 2.24) is 0 Å². The molecule has 0 amide bonds. The molecule has 0 atom stereocenters. The van der Waals surface area contributed by atoms with Gasteiger partial charge in [-0.15, -0.1) is 0 Å². The smallest absolute Gasteiger partial charge is 0.185 e. The van der Waals surface area contributed by atoms with E-state index in [0.29, 0.717) is 0 Å². The predicted molar refractivity (Wildman–Crippen MR) is 41.0 cm³/mol. The van der Waals surface area contributed by atoms with Crippen LogP contribution in [0.15, 0.2) is 5.41 Å². The third kappa shape index (κ3) is 1.97. The van der Waals surface area contributed by atoms with E-state index >= 15 is 0 Å². The Morgan fingerprint density at radius 2 is 1.80 bits per heavy atom. The van der Waals surface area contributed by atoms with Gasteiger partial charge in [-0.3, -0.25) is 5.41 Å². The van der Waals surface area contributed by atoms with Crippen LogP contribution in [0.25, 0.3) is 0 Å². The van der Waals surface area contributed by atoms with Crippen molar-refractivity contribution in [1.29, 1.82) is 5.41 Å². The first-order valence-electron chi connectivity index (χ1n) is 2.81. The van der Waals surface area contributed by atoms with Crippen LogP contribution in [0.3, 0.4) is 0 Å². The van der Waals surface area contributed by atoms with Crippen LogP contribution in [0, 0.1) is 5.41 Å². The first-order chi connectivity index (χ1) is 4.31. The second kappa shape index (κ2) is 2.56. The lowest BCUT2D eigenvalue weighted by Crippen LogP contribution is -2.25. The van der Waals surface area contributed by atoms with Crippen LogP contribution in [0.4, 0.5) is 0 Å². The summed E-state index contributed by atoms with van der Waals surface area (Å²) < 4.78 is 21.2. The van der Waals surface area contributed by atoms with Gasteiger partial charge in [0.25, 0.3) is 0 Å². The van der Waals surface area contributed by atoms with Gasteiger partial charge in [-0.1, -0.05) is 0 Å². The molecule has 0 bridgehead atoms. The minimum Gasteiger partial charge on any atom is -0.258 e. The molecule has 0 aliphatic carbocycles. The molecule has 0 aromatic heterocycles. The fourth-order valence-electron chi connectivity index (χ4n) is 0.254. The van der Waals surface area contributed by atoms with Gasteiger partial charge in [0.05, 0.1) is 10.2 Å². The molecule has 0 rings (SSSR count). The first-order valence-corrected chi connectivity index (χ1v) is 4.36. The summed E-state index contributed by atoms with van der Waals surface area (Å²) in [6.07, 6.45) is 0. The molecule has 0 unspecified atom stereocenters. The van der Waals surface area contributed by atoms with Crippen molar-refractivity contribution in [3.05, 3.63) is 5.41 Å². The predicted octanol–water partition coefficient (Wildman–Crippen LogP) is 0.962. The monoisotopic (exact) mass is 161 g/mol. The highest BCUT2D eigenvalue weighted by molar-refractivity contribution is 7.95. The Kier molecular flexibility index (Phi) is 2.41. The van der Waals surface area contributed by atoms with Crippen molar-refractivity contribution in [2.45, 2.75) is 25.5 Å². The van der Waals surface area contributed by atoms with Crippen LogP contribution in [-0.4, -0.2) is 19.0 Å². The van der Waals surface area contributed by atoms with Gasteiger partial charge in [0.2, 0.25) is 0 Å². The lowest BCUT2D eigenvalue weighted by molar-refractivity contribution is 0.570. The Balaban J connectivity index is 4.97. The van der Waals surface area contributed by atoms with Gasteiger partial charge in [0.1, 0.15) is 0 Å². The molecule has 10 heavy (non-hydrogen) atoms. The zero-order valence-electron chi connectivity index (χ0n) is 6.30. The van der Waals surface area contributed by atoms with Gasteiger partial charge in [-0.05, 0) is 26.6 Å². The summed E-state index contributed by atoms with van der Waals surface area (Å²) in [5.41, 5.74) is 0. The second-order valence-corrected chi connectivity index (χ2v) is 5.47. The third-order valence-electron chi connectivity index (χ3n) is 1.07. The third-order valence-corrected chi connectivity index (χ3v) is 3.20. The molecule has 1 N–H and O–H groups in total. The normalized spacial score (nSPS) is 12.3. The molecule has 0 heterocycles. The zero-order chi connectivity index (χ0) is 8.41. The van der Waals surface area contributed by atoms with Crippen molar-refractivity contribution in [3.63, 3.8) is 0 Å². The number of hydrogen-bond acceptors (Lipinski definition) is 3. The molecule has 0 aromatic carbocycles. The molecule has 3 nitrogen and oxygen atoms in total. The van der Waals surface area contributed by atoms with Crippen molar-refractivity contribution < 1.29 is 8.42 Å². The number of nitrogens with one attached hydrogen (secondary N) is 1. The van der Waals surface area contributed by atoms with E-state index in [-0.39, 0.29) is 0 Å². The molecule has 0 spiro atoms. The number of sulfone groups is 1. The topological polar surface area (TPSA) is 58.0 Å². The fourth-order valence-corrected chi connectivity index (χ4v) is 0.763. The summed E-state index contributed by atoms with van der Waals surface area (Å²) in [6.45, 7) is 4.74. The average molecular weight is 161 g/mol. The van der Waals surface area contributed by atoms with Crippen LogP contribution in [-0.2, 0) is 9.84 Å². The Morgan fingerprint density at radius 3 is 1.90 bits per heavy atom. The summed E-state index contributed by atoms with van der Waals surface area (Å²) in [5, 5.41) is 7.24. The summed E-state index contributed by atoms with van der Waals surface area (Å²) >= 11 is 0. The van der Waals surface area contributed by atoms with Gasteiger partial charge in [0, 0.05) is 0 Å². The quantitative estimate of drug-likeness (QED) is 0.582. The Bertz CT molecular complexity index is 252. The van der Waals surface area contributed by atoms with Gasteiger partial charge in [0.15, 0.2) is 9.84 Å². The second-order valence-electron chi connectivity index (χ2n) is 2.92. The van der Waals surface area contributed by atoms with Gasteiger partial charge in [-0.25, -0.2) is 8.42 Å². The SMILES string of the molecule is CC(C)(C)S(=O)(=O)C=C=N. The molecule has 58 valence electrons. The molecule has 0 radical (unpaired) electrons. The zero-order valence-corrected chi connectivity index (χ0v) is 7.12. The average Bonchev–Trinajstić information content (AvgIpc) is 1.61. The molecular formula is C6H11NO2S. The summed E-state index contributed by atoms with van der Waals surface area (Å²) in [7, 11) is -3.27. The van der Waals surface area contributed by atoms with E-state index in [2.05, 4.69) is 0 Å². The van der Waals surface area contributed by atoms with E-state index in [0.717, 1.165) is 5.41 Å². The van der Waals surface area contributed by atoms with Crippen LogP contribution in [0.1, 0.15) is 20.8 Å². The Labute approximate surface area is 61.2 Å². The first kappa shape index (κ1) is 9.40. The Hall–Kier alpha value is -0.600. The summed E-state index contributed by atoms with van der Waals surface area (Å²) in [6, 6.07) is 0. The Morgan fingerprint density at radius 1 is 1.40 bits per heavy atom. The maximum absolute atomic E-state index is 11.0. The lowest BCUT2D eigenvalue weighted by atomic mass is 10.3. The van der Waals surface area contributed by atoms with E-state index in [9.17, 15) is 8.42 Å². The maximum atomic E-state index is 11.0. The van der Waals surface area contributed by atoms with Gasteiger partial charge in [-0.2, -0.15) is 0 Å². The molecule has 0 saturated carbocycles. The lowest BCUT2D eigenvalue weighted by Gasteiger charge is -2.14. The highest BCUT2D eigenvalue weighted by Crippen LogP contribution is 2.15. The van der Waals surface area contributed by atoms with E-state index in [1.807, 2.05) is 0 Å². The van der Waals surface area contributed by atoms with Gasteiger partial charge < -0.3 is 0 Å². The minimum absolute atomic E-state index is 0.785. The molecule has 4 heteroatoms. The highest BCUT2D eigenvalue weighted by atomic mass is 32.2. The van der Waals surface area contributed by atoms with E-state index in [1.165, 1.54) is 0 Å². The van der Waals surface area contributed by atoms with E-state index < -0.39 is 14.6 Å². The molecule has 0 fully saturated rings. The molecular weight excluding hydrogens is 150 g/mol. The van der Waals surface area contributed by atoms with Crippen molar-refractivity contribution in [3.8, 4) is 0 Å². The standard InChI is InChI=1S/C6H11NO2S/c1-6(2,3)10(8,9)5-4-7/h5,7H,1-3H3. The molecule has 0 aliphatic rings. The van der Waals surface area contributed by atoms with Crippen molar-refractivity contribution >= 4 is 15.7 Å².